The van der Waals surface area contributed by atoms with Crippen LogP contribution in [-0.4, -0.2) is 0 Å². The Morgan fingerprint density at radius 2 is 0.708 bits per heavy atom. The maximum atomic E-state index is 2.51. The van der Waals surface area contributed by atoms with Crippen LogP contribution in [0.4, 0.5) is 34.1 Å². The van der Waals surface area contributed by atoms with Crippen LogP contribution < -0.4 is 9.80 Å². The maximum Gasteiger partial charge on any atom is 0.0727 e. The van der Waals surface area contributed by atoms with E-state index in [2.05, 4.69) is 265 Å². The highest BCUT2D eigenvalue weighted by atomic mass is 15.2. The van der Waals surface area contributed by atoms with Gasteiger partial charge in [0.15, 0.2) is 0 Å². The van der Waals surface area contributed by atoms with Gasteiger partial charge in [0.2, 0.25) is 0 Å². The lowest BCUT2D eigenvalue weighted by Crippen LogP contribution is -2.26. The number of nitrogens with zero attached hydrogens (tertiary/aromatic N) is 2. The van der Waals surface area contributed by atoms with Crippen LogP contribution in [0.15, 0.2) is 255 Å². The van der Waals surface area contributed by atoms with Crippen LogP contribution >= 0.6 is 0 Å². The zero-order chi connectivity index (χ0) is 42.9. The van der Waals surface area contributed by atoms with Crippen LogP contribution in [0.2, 0.25) is 0 Å². The summed E-state index contributed by atoms with van der Waals surface area (Å²) in [6.45, 7) is 0. The molecule has 13 rings (SSSR count). The molecule has 304 valence electrons. The molecule has 0 aromatic heterocycles. The van der Waals surface area contributed by atoms with Gasteiger partial charge in [-0.15, -0.1) is 0 Å². The highest BCUT2D eigenvalue weighted by molar-refractivity contribution is 6.07. The molecule has 0 bridgehead atoms. The van der Waals surface area contributed by atoms with Crippen molar-refractivity contribution in [2.45, 2.75) is 5.41 Å². The lowest BCUT2D eigenvalue weighted by Gasteiger charge is -2.34. The van der Waals surface area contributed by atoms with Gasteiger partial charge in [-0.05, 0) is 115 Å². The first-order valence-corrected chi connectivity index (χ1v) is 22.5. The molecule has 0 N–H and O–H groups in total. The largest absolute Gasteiger partial charge is 0.310 e. The first-order valence-electron chi connectivity index (χ1n) is 22.5. The molecule has 0 heterocycles. The highest BCUT2D eigenvalue weighted by Crippen LogP contribution is 2.64. The monoisotopic (exact) mass is 826 g/mol. The van der Waals surface area contributed by atoms with Crippen molar-refractivity contribution in [2.75, 3.05) is 9.80 Å². The Kier molecular flexibility index (Phi) is 8.47. The molecule has 1 spiro atoms. The van der Waals surface area contributed by atoms with Crippen molar-refractivity contribution in [2.24, 2.45) is 0 Å². The minimum Gasteiger partial charge on any atom is -0.310 e. The smallest absolute Gasteiger partial charge is 0.0727 e. The molecule has 2 heteroatoms. The van der Waals surface area contributed by atoms with Crippen LogP contribution in [0.25, 0.3) is 54.9 Å². The fraction of sp³-hybridized carbons (Fsp3) is 0.0159. The normalized spacial score (nSPS) is 14.2. The fourth-order valence-corrected chi connectivity index (χ4v) is 11.1. The molecular formula is C63H42N2. The summed E-state index contributed by atoms with van der Waals surface area (Å²) in [6.07, 6.45) is 0. The quantitative estimate of drug-likeness (QED) is 0.158. The number of hydrogen-bond donors (Lipinski definition) is 0. The van der Waals surface area contributed by atoms with E-state index in [1.54, 1.807) is 0 Å². The van der Waals surface area contributed by atoms with Crippen molar-refractivity contribution in [3.8, 4) is 33.4 Å². The van der Waals surface area contributed by atoms with Gasteiger partial charge in [-0.2, -0.15) is 0 Å². The van der Waals surface area contributed by atoms with Gasteiger partial charge in [-0.3, -0.25) is 0 Å². The molecule has 1 atom stereocenters. The predicted octanol–water partition coefficient (Wildman–Crippen LogP) is 16.9. The SMILES string of the molecule is c1ccc(-c2ccc3ccccc3c2N(c2ccccc2)c2ccc3c(c2)C2(c4ccccc4-c4ccc(N(c5ccccc5)c5cccc6ccccc56)cc42)c2ccccc2-3)cc1. The molecule has 65 heavy (non-hydrogen) atoms. The van der Waals surface area contributed by atoms with E-state index in [0.717, 1.165) is 34.1 Å². The third-order valence-electron chi connectivity index (χ3n) is 13.8. The van der Waals surface area contributed by atoms with Crippen molar-refractivity contribution in [1.29, 1.82) is 0 Å². The van der Waals surface area contributed by atoms with E-state index in [4.69, 9.17) is 0 Å². The zero-order valence-corrected chi connectivity index (χ0v) is 35.6. The number of para-hydroxylation sites is 2. The molecule has 2 nitrogen and oxygen atoms in total. The predicted molar refractivity (Wildman–Crippen MR) is 273 cm³/mol. The van der Waals surface area contributed by atoms with Crippen LogP contribution in [0.3, 0.4) is 0 Å². The Bertz CT molecular complexity index is 3600. The fourth-order valence-electron chi connectivity index (χ4n) is 11.1. The van der Waals surface area contributed by atoms with Gasteiger partial charge in [-0.1, -0.05) is 200 Å². The second kappa shape index (κ2) is 14.8. The van der Waals surface area contributed by atoms with Crippen LogP contribution in [0.1, 0.15) is 22.3 Å². The van der Waals surface area contributed by atoms with Gasteiger partial charge in [0.25, 0.3) is 0 Å². The summed E-state index contributed by atoms with van der Waals surface area (Å²) in [6, 6.07) is 94.0. The first-order chi connectivity index (χ1) is 32.3. The molecule has 0 saturated heterocycles. The van der Waals surface area contributed by atoms with Gasteiger partial charge >= 0.3 is 0 Å². The van der Waals surface area contributed by atoms with Gasteiger partial charge in [-0.25, -0.2) is 0 Å². The van der Waals surface area contributed by atoms with E-state index in [1.165, 1.54) is 77.2 Å². The van der Waals surface area contributed by atoms with E-state index in [0.29, 0.717) is 0 Å². The van der Waals surface area contributed by atoms with E-state index in [-0.39, 0.29) is 0 Å². The lowest BCUT2D eigenvalue weighted by molar-refractivity contribution is 0.793. The summed E-state index contributed by atoms with van der Waals surface area (Å²) in [4.78, 5) is 4.94. The molecule has 2 aliphatic carbocycles. The van der Waals surface area contributed by atoms with E-state index >= 15 is 0 Å². The van der Waals surface area contributed by atoms with Gasteiger partial charge in [0.1, 0.15) is 0 Å². The Morgan fingerprint density at radius 1 is 0.262 bits per heavy atom. The Labute approximate surface area is 379 Å². The van der Waals surface area contributed by atoms with Crippen molar-refractivity contribution in [3.05, 3.63) is 277 Å². The number of hydrogen-bond acceptors (Lipinski definition) is 2. The van der Waals surface area contributed by atoms with E-state index < -0.39 is 5.41 Å². The number of fused-ring (bicyclic) bond motifs is 12. The molecular weight excluding hydrogens is 785 g/mol. The summed E-state index contributed by atoms with van der Waals surface area (Å²) in [5, 5.41) is 4.83. The summed E-state index contributed by atoms with van der Waals surface area (Å²) in [7, 11) is 0. The topological polar surface area (TPSA) is 6.48 Å². The molecule has 0 saturated carbocycles. The van der Waals surface area contributed by atoms with Crippen LogP contribution in [-0.2, 0) is 5.41 Å². The molecule has 1 unspecified atom stereocenters. The Balaban J connectivity index is 1.10. The highest BCUT2D eigenvalue weighted by Gasteiger charge is 2.52. The van der Waals surface area contributed by atoms with Crippen LogP contribution in [0.5, 0.6) is 0 Å². The average Bonchev–Trinajstić information content (AvgIpc) is 3.84. The van der Waals surface area contributed by atoms with Crippen LogP contribution in [0, 0.1) is 0 Å². The van der Waals surface area contributed by atoms with Crippen molar-refractivity contribution >= 4 is 55.7 Å². The molecule has 2 aliphatic rings. The molecule has 11 aromatic carbocycles. The average molecular weight is 827 g/mol. The van der Waals surface area contributed by atoms with Gasteiger partial charge < -0.3 is 9.80 Å². The summed E-state index contributed by atoms with van der Waals surface area (Å²) in [5.74, 6) is 0. The zero-order valence-electron chi connectivity index (χ0n) is 35.6. The Morgan fingerprint density at radius 3 is 1.34 bits per heavy atom. The second-order valence-corrected chi connectivity index (χ2v) is 17.2. The second-order valence-electron chi connectivity index (χ2n) is 17.2. The van der Waals surface area contributed by atoms with Crippen molar-refractivity contribution in [3.63, 3.8) is 0 Å². The van der Waals surface area contributed by atoms with Gasteiger partial charge in [0, 0.05) is 39.1 Å². The van der Waals surface area contributed by atoms with E-state index in [9.17, 15) is 0 Å². The summed E-state index contributed by atoms with van der Waals surface area (Å²) >= 11 is 0. The van der Waals surface area contributed by atoms with E-state index in [1.807, 2.05) is 0 Å². The molecule has 0 aliphatic heterocycles. The Hall–Kier alpha value is -8.46. The van der Waals surface area contributed by atoms with Gasteiger partial charge in [0.05, 0.1) is 16.8 Å². The standard InChI is InChI=1S/C63H42N2/c1-4-19-44(20-5-1)52-38-35-45-22-11-13-29-51(45)62(52)65(47-26-8-3-9-27-47)49-37-40-56-54-31-15-17-33-58(54)63(60(56)42-49)57-32-16-14-30-53(57)55-39-36-48(41-59(55)63)64(46-24-6-2-7-25-46)61-34-18-23-43-21-10-12-28-50(43)61/h1-42H. The third kappa shape index (κ3) is 5.60. The first kappa shape index (κ1) is 37.1. The minimum atomic E-state index is -0.589. The number of benzene rings is 11. The summed E-state index contributed by atoms with van der Waals surface area (Å²) in [5.41, 5.74) is 18.8. The molecule has 11 aromatic rings. The molecule has 0 fully saturated rings. The van der Waals surface area contributed by atoms with Crippen molar-refractivity contribution < 1.29 is 0 Å². The lowest BCUT2D eigenvalue weighted by atomic mass is 9.70. The minimum absolute atomic E-state index is 0.589. The molecule has 0 amide bonds. The number of rotatable bonds is 7. The number of anilines is 6. The third-order valence-corrected chi connectivity index (χ3v) is 13.8. The molecule has 0 radical (unpaired) electrons. The summed E-state index contributed by atoms with van der Waals surface area (Å²) < 4.78 is 0. The maximum absolute atomic E-state index is 2.51. The van der Waals surface area contributed by atoms with Crippen molar-refractivity contribution in [1.82, 2.24) is 0 Å².